The monoisotopic (exact) mass is 519 g/mol. The molecule has 0 aliphatic carbocycles. The fraction of sp³-hybridized carbons (Fsp3) is 0.0333. The highest BCUT2D eigenvalue weighted by atomic mass is 32.2. The number of rotatable bonds is 6. The van der Waals surface area contributed by atoms with Crippen LogP contribution in [0.4, 0.5) is 5.69 Å². The van der Waals surface area contributed by atoms with Gasteiger partial charge in [0.2, 0.25) is 5.91 Å². The maximum absolute atomic E-state index is 13.9. The van der Waals surface area contributed by atoms with Crippen LogP contribution in [0.25, 0.3) is 37.8 Å². The largest absolute Gasteiger partial charge is 0.325 e. The number of thiophene rings is 1. The molecule has 0 saturated heterocycles. The molecule has 2 heterocycles. The quantitative estimate of drug-likeness (QED) is 0.190. The molecule has 0 spiro atoms. The van der Waals surface area contributed by atoms with Crippen LogP contribution in [-0.4, -0.2) is 21.2 Å². The molecule has 0 fully saturated rings. The average Bonchev–Trinajstić information content (AvgIpc) is 3.37. The number of carbonyl (C=O) groups excluding carboxylic acids is 1. The summed E-state index contributed by atoms with van der Waals surface area (Å²) >= 11 is 2.69. The van der Waals surface area contributed by atoms with Gasteiger partial charge < -0.3 is 5.32 Å². The van der Waals surface area contributed by atoms with E-state index in [-0.39, 0.29) is 17.2 Å². The first-order chi connectivity index (χ1) is 18.2. The summed E-state index contributed by atoms with van der Waals surface area (Å²) in [6.07, 6.45) is 0. The number of thioether (sulfide) groups is 1. The Morgan fingerprint density at radius 2 is 1.57 bits per heavy atom. The number of fused-ring (bicyclic) bond motifs is 2. The lowest BCUT2D eigenvalue weighted by atomic mass is 10.1. The van der Waals surface area contributed by atoms with Crippen LogP contribution in [0.2, 0.25) is 0 Å². The van der Waals surface area contributed by atoms with Gasteiger partial charge in [-0.15, -0.1) is 11.3 Å². The number of aromatic nitrogens is 2. The van der Waals surface area contributed by atoms with Crippen molar-refractivity contribution in [3.63, 3.8) is 0 Å². The highest BCUT2D eigenvalue weighted by molar-refractivity contribution is 7.99. The highest BCUT2D eigenvalue weighted by Crippen LogP contribution is 2.33. The van der Waals surface area contributed by atoms with E-state index in [0.717, 1.165) is 27.6 Å². The van der Waals surface area contributed by atoms with E-state index >= 15 is 0 Å². The van der Waals surface area contributed by atoms with Crippen LogP contribution in [-0.2, 0) is 4.79 Å². The number of hydrogen-bond acceptors (Lipinski definition) is 5. The van der Waals surface area contributed by atoms with Crippen LogP contribution >= 0.6 is 23.1 Å². The van der Waals surface area contributed by atoms with Crippen LogP contribution in [0.15, 0.2) is 118 Å². The molecule has 37 heavy (non-hydrogen) atoms. The van der Waals surface area contributed by atoms with Gasteiger partial charge in [0.1, 0.15) is 4.83 Å². The summed E-state index contributed by atoms with van der Waals surface area (Å²) in [5.74, 6) is -0.0421. The molecule has 6 aromatic rings. The van der Waals surface area contributed by atoms with Crippen LogP contribution in [0, 0.1) is 0 Å². The van der Waals surface area contributed by atoms with Crippen LogP contribution in [0.5, 0.6) is 0 Å². The standard InChI is InChI=1S/C30H21N3O2S2/c34-26(31-23-16-15-20-9-7-8-12-22(20)17-23)19-37-30-32-28-27(25(18-36-28)21-10-3-1-4-11-21)29(35)33(30)24-13-5-2-6-14-24/h1-18H,19H2,(H,31,34). The second-order valence-corrected chi connectivity index (χ2v) is 10.3. The van der Waals surface area contributed by atoms with Gasteiger partial charge in [-0.05, 0) is 40.6 Å². The predicted molar refractivity (Wildman–Crippen MR) is 154 cm³/mol. The zero-order chi connectivity index (χ0) is 25.2. The normalized spacial score (nSPS) is 11.1. The average molecular weight is 520 g/mol. The number of carbonyl (C=O) groups is 1. The summed E-state index contributed by atoms with van der Waals surface area (Å²) < 4.78 is 1.61. The minimum atomic E-state index is -0.162. The van der Waals surface area contributed by atoms with Crippen LogP contribution < -0.4 is 10.9 Å². The molecule has 5 nitrogen and oxygen atoms in total. The number of anilines is 1. The van der Waals surface area contributed by atoms with E-state index in [2.05, 4.69) is 5.32 Å². The van der Waals surface area contributed by atoms with Gasteiger partial charge in [0, 0.05) is 16.6 Å². The van der Waals surface area contributed by atoms with E-state index in [4.69, 9.17) is 4.98 Å². The maximum atomic E-state index is 13.9. The molecule has 180 valence electrons. The summed E-state index contributed by atoms with van der Waals surface area (Å²) in [6, 6.07) is 33.2. The summed E-state index contributed by atoms with van der Waals surface area (Å²) in [4.78, 5) is 32.2. The molecule has 1 N–H and O–H groups in total. The molecular weight excluding hydrogens is 498 g/mol. The van der Waals surface area contributed by atoms with Gasteiger partial charge in [0.15, 0.2) is 5.16 Å². The summed E-state index contributed by atoms with van der Waals surface area (Å²) in [5, 5.41) is 8.19. The first-order valence-electron chi connectivity index (χ1n) is 11.7. The van der Waals surface area contributed by atoms with E-state index in [0.29, 0.717) is 21.1 Å². The highest BCUT2D eigenvalue weighted by Gasteiger charge is 2.19. The van der Waals surface area contributed by atoms with Crippen molar-refractivity contribution in [2.24, 2.45) is 0 Å². The molecule has 0 unspecified atom stereocenters. The zero-order valence-electron chi connectivity index (χ0n) is 19.6. The SMILES string of the molecule is O=C(CSc1nc2scc(-c3ccccc3)c2c(=O)n1-c1ccccc1)Nc1ccc2ccccc2c1. The van der Waals surface area contributed by atoms with Crippen molar-refractivity contribution in [2.45, 2.75) is 5.16 Å². The third-order valence-corrected chi connectivity index (χ3v) is 7.85. The second-order valence-electron chi connectivity index (χ2n) is 8.46. The van der Waals surface area contributed by atoms with E-state index in [1.165, 1.54) is 23.1 Å². The maximum Gasteiger partial charge on any atom is 0.268 e. The van der Waals surface area contributed by atoms with E-state index in [1.807, 2.05) is 109 Å². The van der Waals surface area contributed by atoms with Crippen molar-refractivity contribution in [2.75, 3.05) is 11.1 Å². The van der Waals surface area contributed by atoms with Crippen molar-refractivity contribution >= 4 is 55.7 Å². The summed E-state index contributed by atoms with van der Waals surface area (Å²) in [7, 11) is 0. The van der Waals surface area contributed by atoms with Crippen molar-refractivity contribution in [3.05, 3.63) is 119 Å². The third-order valence-electron chi connectivity index (χ3n) is 6.04. The number of hydrogen-bond donors (Lipinski definition) is 1. The lowest BCUT2D eigenvalue weighted by Crippen LogP contribution is -2.22. The molecule has 1 amide bonds. The Bertz CT molecular complexity index is 1790. The molecule has 0 atom stereocenters. The van der Waals surface area contributed by atoms with Crippen molar-refractivity contribution in [3.8, 4) is 16.8 Å². The Morgan fingerprint density at radius 1 is 0.865 bits per heavy atom. The number of amides is 1. The fourth-order valence-corrected chi connectivity index (χ4v) is 6.10. The van der Waals surface area contributed by atoms with Gasteiger partial charge in [-0.3, -0.25) is 14.2 Å². The minimum absolute atomic E-state index is 0.120. The number of nitrogens with one attached hydrogen (secondary N) is 1. The predicted octanol–water partition coefficient (Wildman–Crippen LogP) is 7.00. The topological polar surface area (TPSA) is 64.0 Å². The van der Waals surface area contributed by atoms with Crippen LogP contribution in [0.3, 0.4) is 0 Å². The van der Waals surface area contributed by atoms with Gasteiger partial charge in [-0.1, -0.05) is 90.6 Å². The molecule has 0 aliphatic rings. The smallest absolute Gasteiger partial charge is 0.268 e. The first kappa shape index (κ1) is 23.2. The molecule has 0 bridgehead atoms. The second kappa shape index (κ2) is 10.0. The van der Waals surface area contributed by atoms with Crippen molar-refractivity contribution in [1.82, 2.24) is 9.55 Å². The van der Waals surface area contributed by atoms with Gasteiger partial charge in [0.05, 0.1) is 16.8 Å². The van der Waals surface area contributed by atoms with E-state index in [1.54, 1.807) is 4.57 Å². The molecule has 0 saturated carbocycles. The van der Waals surface area contributed by atoms with E-state index in [9.17, 15) is 9.59 Å². The lowest BCUT2D eigenvalue weighted by Gasteiger charge is -2.13. The minimum Gasteiger partial charge on any atom is -0.325 e. The Kier molecular flexibility index (Phi) is 6.30. The Morgan fingerprint density at radius 3 is 2.35 bits per heavy atom. The van der Waals surface area contributed by atoms with Gasteiger partial charge in [0.25, 0.3) is 5.56 Å². The van der Waals surface area contributed by atoms with Gasteiger partial charge in [-0.2, -0.15) is 0 Å². The van der Waals surface area contributed by atoms with Gasteiger partial charge in [-0.25, -0.2) is 4.98 Å². The van der Waals surface area contributed by atoms with Crippen molar-refractivity contribution < 1.29 is 4.79 Å². The van der Waals surface area contributed by atoms with Crippen LogP contribution in [0.1, 0.15) is 0 Å². The Labute approximate surface area is 221 Å². The molecule has 4 aromatic carbocycles. The molecule has 2 aromatic heterocycles. The summed E-state index contributed by atoms with van der Waals surface area (Å²) in [6.45, 7) is 0. The number of benzene rings is 4. The zero-order valence-corrected chi connectivity index (χ0v) is 21.3. The molecule has 7 heteroatoms. The molecule has 6 rings (SSSR count). The Hall–Kier alpha value is -4.20. The molecular formula is C30H21N3O2S2. The lowest BCUT2D eigenvalue weighted by molar-refractivity contribution is -0.113. The summed E-state index contributed by atoms with van der Waals surface area (Å²) in [5.41, 5.74) is 3.15. The van der Waals surface area contributed by atoms with Gasteiger partial charge >= 0.3 is 0 Å². The van der Waals surface area contributed by atoms with Crippen molar-refractivity contribution in [1.29, 1.82) is 0 Å². The first-order valence-corrected chi connectivity index (χ1v) is 13.6. The van der Waals surface area contributed by atoms with E-state index < -0.39 is 0 Å². The molecule has 0 aliphatic heterocycles. The number of para-hydroxylation sites is 1. The molecule has 0 radical (unpaired) electrons. The fourth-order valence-electron chi connectivity index (χ4n) is 4.30. The third kappa shape index (κ3) is 4.67. The Balaban J connectivity index is 1.34. The number of nitrogens with zero attached hydrogens (tertiary/aromatic N) is 2.